The van der Waals surface area contributed by atoms with Crippen molar-refractivity contribution in [2.75, 3.05) is 23.7 Å². The Kier molecular flexibility index (Phi) is 5.50. The lowest BCUT2D eigenvalue weighted by atomic mass is 10.4. The van der Waals surface area contributed by atoms with Gasteiger partial charge in [-0.25, -0.2) is 0 Å². The number of hydrogen-bond donors (Lipinski definition) is 0. The maximum absolute atomic E-state index is 5.33. The van der Waals surface area contributed by atoms with Gasteiger partial charge in [-0.2, -0.15) is 0 Å². The molecule has 0 N–H and O–H groups in total. The van der Waals surface area contributed by atoms with Gasteiger partial charge in [-0.1, -0.05) is 17.7 Å². The fraction of sp³-hybridized carbons (Fsp3) is 0.571. The molecule has 17 heavy (non-hydrogen) atoms. The van der Waals surface area contributed by atoms with Crippen LogP contribution in [0.1, 0.15) is 33.7 Å². The lowest BCUT2D eigenvalue weighted by Gasteiger charge is -2.25. The minimum absolute atomic E-state index is 0.459. The van der Waals surface area contributed by atoms with E-state index in [1.807, 2.05) is 0 Å². The highest BCUT2D eigenvalue weighted by molar-refractivity contribution is 7.99. The number of rotatable bonds is 6. The first-order valence-corrected chi connectivity index (χ1v) is 7.16. The zero-order valence-corrected chi connectivity index (χ0v) is 12.0. The highest BCUT2D eigenvalue weighted by Crippen LogP contribution is 2.30. The second kappa shape index (κ2) is 6.66. The summed E-state index contributed by atoms with van der Waals surface area (Å²) in [5, 5.41) is 1.26. The van der Waals surface area contributed by atoms with E-state index in [4.69, 9.17) is 6.42 Å². The SMILES string of the molecule is C#CCSc1ccc(N(CC)CC)n1C(C)C. The Morgan fingerprint density at radius 2 is 2.00 bits per heavy atom. The van der Waals surface area contributed by atoms with E-state index in [1.165, 1.54) is 10.8 Å². The normalized spacial score (nSPS) is 10.6. The van der Waals surface area contributed by atoms with Gasteiger partial charge in [-0.3, -0.25) is 0 Å². The number of anilines is 1. The molecule has 0 amide bonds. The standard InChI is InChI=1S/C14H22N2S/c1-6-11-17-14-10-9-13(15(7-2)8-3)16(14)12(4)5/h1,9-10,12H,7-8,11H2,2-5H3. The molecule has 3 heteroatoms. The van der Waals surface area contributed by atoms with Crippen molar-refractivity contribution in [2.24, 2.45) is 0 Å². The van der Waals surface area contributed by atoms with Crippen LogP contribution in [0.15, 0.2) is 17.2 Å². The van der Waals surface area contributed by atoms with Crippen molar-refractivity contribution < 1.29 is 0 Å². The lowest BCUT2D eigenvalue weighted by molar-refractivity contribution is 0.554. The van der Waals surface area contributed by atoms with Gasteiger partial charge in [0.25, 0.3) is 0 Å². The average Bonchev–Trinajstić information content (AvgIpc) is 2.72. The molecule has 0 aliphatic carbocycles. The van der Waals surface area contributed by atoms with Gasteiger partial charge in [-0.15, -0.1) is 6.42 Å². The monoisotopic (exact) mass is 250 g/mol. The van der Waals surface area contributed by atoms with E-state index in [-0.39, 0.29) is 0 Å². The molecule has 1 aromatic heterocycles. The van der Waals surface area contributed by atoms with Gasteiger partial charge in [0.1, 0.15) is 5.82 Å². The van der Waals surface area contributed by atoms with Crippen LogP contribution in [0, 0.1) is 12.3 Å². The summed E-state index contributed by atoms with van der Waals surface area (Å²) in [7, 11) is 0. The molecule has 0 saturated heterocycles. The largest absolute Gasteiger partial charge is 0.359 e. The van der Waals surface area contributed by atoms with Crippen LogP contribution in [0.4, 0.5) is 5.82 Å². The highest BCUT2D eigenvalue weighted by atomic mass is 32.2. The number of thioether (sulfide) groups is 1. The van der Waals surface area contributed by atoms with Gasteiger partial charge in [-0.05, 0) is 39.8 Å². The number of nitrogens with zero attached hydrogens (tertiary/aromatic N) is 2. The quantitative estimate of drug-likeness (QED) is 0.562. The molecule has 0 fully saturated rings. The molecular weight excluding hydrogens is 228 g/mol. The van der Waals surface area contributed by atoms with Crippen LogP contribution in [0.3, 0.4) is 0 Å². The minimum atomic E-state index is 0.459. The third kappa shape index (κ3) is 3.23. The Morgan fingerprint density at radius 1 is 1.35 bits per heavy atom. The van der Waals surface area contributed by atoms with Gasteiger partial charge >= 0.3 is 0 Å². The smallest absolute Gasteiger partial charge is 0.109 e. The van der Waals surface area contributed by atoms with E-state index >= 15 is 0 Å². The summed E-state index contributed by atoms with van der Waals surface area (Å²) < 4.78 is 2.37. The second-order valence-corrected chi connectivity index (χ2v) is 5.15. The molecule has 1 aromatic rings. The summed E-state index contributed by atoms with van der Waals surface area (Å²) in [4.78, 5) is 2.37. The van der Waals surface area contributed by atoms with Gasteiger partial charge in [0, 0.05) is 19.1 Å². The van der Waals surface area contributed by atoms with Crippen LogP contribution in [0.25, 0.3) is 0 Å². The summed E-state index contributed by atoms with van der Waals surface area (Å²) in [6, 6.07) is 4.84. The molecule has 0 aliphatic heterocycles. The summed E-state index contributed by atoms with van der Waals surface area (Å²) in [6.07, 6.45) is 5.33. The van der Waals surface area contributed by atoms with E-state index < -0.39 is 0 Å². The summed E-state index contributed by atoms with van der Waals surface area (Å²) in [5.74, 6) is 4.71. The number of hydrogen-bond acceptors (Lipinski definition) is 2. The Hall–Kier alpha value is -1.01. The van der Waals surface area contributed by atoms with Crippen LogP contribution in [-0.2, 0) is 0 Å². The van der Waals surface area contributed by atoms with E-state index in [0.717, 1.165) is 18.8 Å². The maximum Gasteiger partial charge on any atom is 0.109 e. The Labute approximate surface area is 109 Å². The Morgan fingerprint density at radius 3 is 2.47 bits per heavy atom. The predicted octanol–water partition coefficient (Wildman–Crippen LogP) is 3.64. The van der Waals surface area contributed by atoms with Crippen molar-refractivity contribution >= 4 is 17.6 Å². The zero-order chi connectivity index (χ0) is 12.8. The van der Waals surface area contributed by atoms with E-state index in [0.29, 0.717) is 6.04 Å². The fourth-order valence-electron chi connectivity index (χ4n) is 1.98. The van der Waals surface area contributed by atoms with E-state index in [9.17, 15) is 0 Å². The molecule has 1 rings (SSSR count). The van der Waals surface area contributed by atoms with Crippen LogP contribution in [0.2, 0.25) is 0 Å². The molecule has 0 spiro atoms. The Balaban J connectivity index is 3.06. The average molecular weight is 250 g/mol. The van der Waals surface area contributed by atoms with Crippen molar-refractivity contribution in [2.45, 2.75) is 38.8 Å². The summed E-state index contributed by atoms with van der Waals surface area (Å²) in [6.45, 7) is 10.9. The Bertz CT molecular complexity index is 383. The lowest BCUT2D eigenvalue weighted by Crippen LogP contribution is -2.25. The number of aromatic nitrogens is 1. The van der Waals surface area contributed by atoms with Crippen molar-refractivity contribution in [1.82, 2.24) is 4.57 Å². The van der Waals surface area contributed by atoms with Crippen LogP contribution >= 0.6 is 11.8 Å². The second-order valence-electron chi connectivity index (χ2n) is 4.16. The van der Waals surface area contributed by atoms with Gasteiger partial charge in [0.2, 0.25) is 0 Å². The number of terminal acetylenes is 1. The molecule has 0 atom stereocenters. The first kappa shape index (κ1) is 14.1. The molecule has 0 bridgehead atoms. The molecule has 2 nitrogen and oxygen atoms in total. The molecule has 0 unspecified atom stereocenters. The highest BCUT2D eigenvalue weighted by Gasteiger charge is 2.14. The van der Waals surface area contributed by atoms with Crippen molar-refractivity contribution in [3.63, 3.8) is 0 Å². The van der Waals surface area contributed by atoms with Crippen molar-refractivity contribution in [3.05, 3.63) is 12.1 Å². The van der Waals surface area contributed by atoms with Crippen molar-refractivity contribution in [3.8, 4) is 12.3 Å². The third-order valence-corrected chi connectivity index (χ3v) is 3.71. The molecule has 94 valence electrons. The molecule has 0 aliphatic rings. The first-order valence-electron chi connectivity index (χ1n) is 6.18. The van der Waals surface area contributed by atoms with Crippen molar-refractivity contribution in [1.29, 1.82) is 0 Å². The summed E-state index contributed by atoms with van der Waals surface area (Å²) >= 11 is 1.73. The van der Waals surface area contributed by atoms with Gasteiger partial charge < -0.3 is 9.47 Å². The van der Waals surface area contributed by atoms with E-state index in [1.54, 1.807) is 11.8 Å². The fourth-order valence-corrected chi connectivity index (χ4v) is 2.82. The molecule has 0 saturated carbocycles. The van der Waals surface area contributed by atoms with Crippen LogP contribution in [-0.4, -0.2) is 23.4 Å². The predicted molar refractivity (Wildman–Crippen MR) is 77.9 cm³/mol. The van der Waals surface area contributed by atoms with Crippen LogP contribution < -0.4 is 4.90 Å². The zero-order valence-electron chi connectivity index (χ0n) is 11.2. The first-order chi connectivity index (χ1) is 8.15. The summed E-state index contributed by atoms with van der Waals surface area (Å²) in [5.41, 5.74) is 0. The van der Waals surface area contributed by atoms with E-state index in [2.05, 4.69) is 55.2 Å². The topological polar surface area (TPSA) is 8.17 Å². The molecular formula is C14H22N2S. The van der Waals surface area contributed by atoms with Gasteiger partial charge in [0.05, 0.1) is 10.8 Å². The molecule has 1 heterocycles. The molecule has 0 aromatic carbocycles. The third-order valence-electron chi connectivity index (χ3n) is 2.77. The maximum atomic E-state index is 5.33. The minimum Gasteiger partial charge on any atom is -0.359 e. The molecule has 0 radical (unpaired) electrons. The van der Waals surface area contributed by atoms with Crippen LogP contribution in [0.5, 0.6) is 0 Å². The van der Waals surface area contributed by atoms with Gasteiger partial charge in [0.15, 0.2) is 0 Å².